The summed E-state index contributed by atoms with van der Waals surface area (Å²) in [6, 6.07) is 26.9. The smallest absolute Gasteiger partial charge is 0.0280 e. The zero-order valence-corrected chi connectivity index (χ0v) is 17.0. The molecule has 3 aromatic carbocycles. The van der Waals surface area contributed by atoms with Crippen LogP contribution >= 0.6 is 0 Å². The summed E-state index contributed by atoms with van der Waals surface area (Å²) in [5, 5.41) is 0. The first-order valence-electron chi connectivity index (χ1n) is 9.73. The fourth-order valence-corrected chi connectivity index (χ4v) is 4.22. The van der Waals surface area contributed by atoms with Crippen molar-refractivity contribution in [3.05, 3.63) is 118 Å². The molecule has 0 saturated carbocycles. The lowest BCUT2D eigenvalue weighted by Gasteiger charge is -2.37. The van der Waals surface area contributed by atoms with Crippen molar-refractivity contribution in [2.45, 2.75) is 46.0 Å². The van der Waals surface area contributed by atoms with E-state index in [4.69, 9.17) is 0 Å². The summed E-state index contributed by atoms with van der Waals surface area (Å²) in [5.74, 6) is 0. The Bertz CT molecular complexity index is 896. The Balaban J connectivity index is 2.26. The summed E-state index contributed by atoms with van der Waals surface area (Å²) in [7, 11) is 0. The van der Waals surface area contributed by atoms with Gasteiger partial charge in [-0.25, -0.2) is 0 Å². The van der Waals surface area contributed by atoms with E-state index in [0.29, 0.717) is 0 Å². The van der Waals surface area contributed by atoms with E-state index in [1.54, 1.807) is 0 Å². The van der Waals surface area contributed by atoms with Crippen LogP contribution in [0.5, 0.6) is 0 Å². The fourth-order valence-electron chi connectivity index (χ4n) is 4.22. The molecule has 0 aliphatic rings. The number of aryl methyl sites for hydroxylation is 3. The SMILES string of the molecule is C=C(C)CC(Cc1ccccc1)(c1ccc(C)cc1)c1cc(C)cc(C)c1. The third-order valence-electron chi connectivity index (χ3n) is 5.33. The molecule has 1 unspecified atom stereocenters. The monoisotopic (exact) mass is 354 g/mol. The molecule has 27 heavy (non-hydrogen) atoms. The van der Waals surface area contributed by atoms with Gasteiger partial charge in [-0.05, 0) is 57.2 Å². The highest BCUT2D eigenvalue weighted by Gasteiger charge is 2.35. The second kappa shape index (κ2) is 7.96. The Morgan fingerprint density at radius 3 is 1.89 bits per heavy atom. The van der Waals surface area contributed by atoms with Gasteiger partial charge in [0.1, 0.15) is 0 Å². The molecular formula is C27H30. The summed E-state index contributed by atoms with van der Waals surface area (Å²) in [6.45, 7) is 13.0. The third-order valence-corrected chi connectivity index (χ3v) is 5.33. The third kappa shape index (κ3) is 4.39. The molecule has 0 aliphatic carbocycles. The van der Waals surface area contributed by atoms with Crippen molar-refractivity contribution in [1.82, 2.24) is 0 Å². The van der Waals surface area contributed by atoms with Gasteiger partial charge < -0.3 is 0 Å². The number of hydrogen-bond acceptors (Lipinski definition) is 0. The van der Waals surface area contributed by atoms with Crippen molar-refractivity contribution in [1.29, 1.82) is 0 Å². The fraction of sp³-hybridized carbons (Fsp3) is 0.259. The van der Waals surface area contributed by atoms with Gasteiger partial charge in [-0.15, -0.1) is 6.58 Å². The highest BCUT2D eigenvalue weighted by Crippen LogP contribution is 2.41. The van der Waals surface area contributed by atoms with Crippen molar-refractivity contribution >= 4 is 0 Å². The molecule has 0 heteroatoms. The van der Waals surface area contributed by atoms with Crippen molar-refractivity contribution < 1.29 is 0 Å². The van der Waals surface area contributed by atoms with Crippen molar-refractivity contribution in [3.63, 3.8) is 0 Å². The maximum absolute atomic E-state index is 4.30. The van der Waals surface area contributed by atoms with Crippen LogP contribution in [0.3, 0.4) is 0 Å². The second-order valence-corrected chi connectivity index (χ2v) is 8.12. The van der Waals surface area contributed by atoms with Crippen LogP contribution < -0.4 is 0 Å². The van der Waals surface area contributed by atoms with E-state index >= 15 is 0 Å². The number of hydrogen-bond donors (Lipinski definition) is 0. The summed E-state index contributed by atoms with van der Waals surface area (Å²) < 4.78 is 0. The highest BCUT2D eigenvalue weighted by atomic mass is 14.4. The molecule has 138 valence electrons. The van der Waals surface area contributed by atoms with Gasteiger partial charge >= 0.3 is 0 Å². The van der Waals surface area contributed by atoms with Crippen molar-refractivity contribution in [3.8, 4) is 0 Å². The minimum Gasteiger partial charge on any atom is -0.100 e. The summed E-state index contributed by atoms with van der Waals surface area (Å²) in [5.41, 5.74) is 9.14. The summed E-state index contributed by atoms with van der Waals surface area (Å²) >= 11 is 0. The molecule has 0 spiro atoms. The lowest BCUT2D eigenvalue weighted by atomic mass is 9.66. The molecule has 0 amide bonds. The number of benzene rings is 3. The van der Waals surface area contributed by atoms with Gasteiger partial charge in [-0.3, -0.25) is 0 Å². The summed E-state index contributed by atoms with van der Waals surface area (Å²) in [4.78, 5) is 0. The maximum atomic E-state index is 4.30. The van der Waals surface area contributed by atoms with Gasteiger partial charge in [0.2, 0.25) is 0 Å². The Kier molecular flexibility index (Phi) is 5.65. The molecule has 3 aromatic rings. The van der Waals surface area contributed by atoms with Gasteiger partial charge in [0.25, 0.3) is 0 Å². The standard InChI is InChI=1S/C27H30/c1-20(2)18-27(19-24-9-7-6-8-10-24,25-13-11-21(3)12-14-25)26-16-22(4)15-23(5)17-26/h6-17H,1,18-19H2,2-5H3. The summed E-state index contributed by atoms with van der Waals surface area (Å²) in [6.07, 6.45) is 1.90. The average molecular weight is 355 g/mol. The van der Waals surface area contributed by atoms with Crippen LogP contribution in [0, 0.1) is 20.8 Å². The highest BCUT2D eigenvalue weighted by molar-refractivity contribution is 5.46. The van der Waals surface area contributed by atoms with Gasteiger partial charge in [-0.1, -0.05) is 95.1 Å². The molecule has 0 bridgehead atoms. The first kappa shape index (κ1) is 19.2. The Morgan fingerprint density at radius 1 is 0.741 bits per heavy atom. The van der Waals surface area contributed by atoms with Crippen LogP contribution in [0.2, 0.25) is 0 Å². The van der Waals surface area contributed by atoms with Crippen LogP contribution in [0.4, 0.5) is 0 Å². The molecule has 1 atom stereocenters. The predicted octanol–water partition coefficient (Wildman–Crippen LogP) is 7.11. The van der Waals surface area contributed by atoms with Gasteiger partial charge in [0.15, 0.2) is 0 Å². The van der Waals surface area contributed by atoms with E-state index in [-0.39, 0.29) is 5.41 Å². The van der Waals surface area contributed by atoms with Crippen molar-refractivity contribution in [2.24, 2.45) is 0 Å². The molecule has 0 N–H and O–H groups in total. The molecule has 0 radical (unpaired) electrons. The van der Waals surface area contributed by atoms with Crippen LogP contribution in [-0.4, -0.2) is 0 Å². The van der Waals surface area contributed by atoms with E-state index in [2.05, 4.69) is 107 Å². The van der Waals surface area contributed by atoms with E-state index in [1.807, 2.05) is 0 Å². The molecule has 0 aliphatic heterocycles. The van der Waals surface area contributed by atoms with Crippen LogP contribution in [0.25, 0.3) is 0 Å². The van der Waals surface area contributed by atoms with Crippen LogP contribution in [0.15, 0.2) is 84.9 Å². The van der Waals surface area contributed by atoms with E-state index in [9.17, 15) is 0 Å². The van der Waals surface area contributed by atoms with E-state index < -0.39 is 0 Å². The molecular weight excluding hydrogens is 324 g/mol. The Morgan fingerprint density at radius 2 is 1.33 bits per heavy atom. The number of allylic oxidation sites excluding steroid dienone is 1. The quantitative estimate of drug-likeness (QED) is 0.414. The maximum Gasteiger partial charge on any atom is 0.0280 e. The normalized spacial score (nSPS) is 13.2. The topological polar surface area (TPSA) is 0 Å². The molecule has 0 aromatic heterocycles. The van der Waals surface area contributed by atoms with E-state index in [0.717, 1.165) is 12.8 Å². The number of rotatable bonds is 6. The van der Waals surface area contributed by atoms with E-state index in [1.165, 1.54) is 39.0 Å². The molecule has 0 fully saturated rings. The van der Waals surface area contributed by atoms with Crippen LogP contribution in [0.1, 0.15) is 46.7 Å². The zero-order valence-electron chi connectivity index (χ0n) is 17.0. The Labute approximate surface area is 164 Å². The first-order chi connectivity index (χ1) is 12.9. The first-order valence-corrected chi connectivity index (χ1v) is 9.73. The minimum absolute atomic E-state index is 0.113. The zero-order chi connectivity index (χ0) is 19.4. The van der Waals surface area contributed by atoms with Gasteiger partial charge in [0, 0.05) is 5.41 Å². The molecule has 0 heterocycles. The molecule has 3 rings (SSSR count). The van der Waals surface area contributed by atoms with Gasteiger partial charge in [-0.2, -0.15) is 0 Å². The largest absolute Gasteiger partial charge is 0.100 e. The average Bonchev–Trinajstić information content (AvgIpc) is 2.61. The van der Waals surface area contributed by atoms with Crippen LogP contribution in [-0.2, 0) is 11.8 Å². The lowest BCUT2D eigenvalue weighted by molar-refractivity contribution is 0.504. The van der Waals surface area contributed by atoms with Crippen molar-refractivity contribution in [2.75, 3.05) is 0 Å². The molecule has 0 saturated heterocycles. The van der Waals surface area contributed by atoms with Gasteiger partial charge in [0.05, 0.1) is 0 Å². The molecule has 0 nitrogen and oxygen atoms in total. The second-order valence-electron chi connectivity index (χ2n) is 8.12. The predicted molar refractivity (Wildman–Crippen MR) is 117 cm³/mol. The minimum atomic E-state index is -0.113. The Hall–Kier alpha value is -2.60. The lowest BCUT2D eigenvalue weighted by Crippen LogP contribution is -2.31.